The standard InChI is InChI=1S/C6H8O7.2CH2O3.Ca.2Na/c7-3(8)1-6(13,5(11)12)2-4(9)10;2*2-1(3)4;;;/h13H,1-2H2,(H,7,8)(H,9,10)(H,11,12);2*(H2,2,3,4);;;/q;;;+2;2*+1/p-4. The van der Waals surface area contributed by atoms with Gasteiger partial charge >= 0.3 is 103 Å². The number of carbonyl (C=O) groups is 5. The van der Waals surface area contributed by atoms with Crippen molar-refractivity contribution in [2.75, 3.05) is 0 Å². The van der Waals surface area contributed by atoms with Crippen LogP contribution in [0.15, 0.2) is 0 Å². The average molecular weight is 398 g/mol. The van der Waals surface area contributed by atoms with Gasteiger partial charge in [0.1, 0.15) is 5.60 Å². The zero-order chi connectivity index (χ0) is 17.8. The first kappa shape index (κ1) is 39.3. The molecule has 0 heterocycles. The van der Waals surface area contributed by atoms with E-state index >= 15 is 0 Å². The van der Waals surface area contributed by atoms with Gasteiger partial charge in [0.2, 0.25) is 6.16 Å². The van der Waals surface area contributed by atoms with Crippen molar-refractivity contribution in [3.05, 3.63) is 0 Å². The Morgan fingerprint density at radius 3 is 1.00 bits per heavy atom. The van der Waals surface area contributed by atoms with Gasteiger partial charge in [-0.3, -0.25) is 0 Å². The molecule has 16 heteroatoms. The minimum absolute atomic E-state index is 0. The molecule has 4 N–H and O–H groups in total. The van der Waals surface area contributed by atoms with E-state index in [2.05, 4.69) is 0 Å². The summed E-state index contributed by atoms with van der Waals surface area (Å²) in [6.07, 6.45) is -6.63. The van der Waals surface area contributed by atoms with E-state index < -0.39 is 48.7 Å². The van der Waals surface area contributed by atoms with E-state index in [-0.39, 0.29) is 96.9 Å². The largest absolute Gasteiger partial charge is 2.00 e. The molecule has 0 unspecified atom stereocenters. The summed E-state index contributed by atoms with van der Waals surface area (Å²) in [7, 11) is 0. The molecule has 0 bridgehead atoms. The fourth-order valence-electron chi connectivity index (χ4n) is 0.684. The summed E-state index contributed by atoms with van der Waals surface area (Å²) in [5.74, 6) is -5.98. The predicted octanol–water partition coefficient (Wildman–Crippen LogP) is -12.5. The van der Waals surface area contributed by atoms with E-state index in [1.54, 1.807) is 0 Å². The van der Waals surface area contributed by atoms with Gasteiger partial charge in [-0.15, -0.1) is 0 Å². The molecule has 24 heavy (non-hydrogen) atoms. The molecule has 0 aliphatic heterocycles. The number of hydrogen-bond acceptors (Lipinski definition) is 10. The van der Waals surface area contributed by atoms with Crippen molar-refractivity contribution in [1.29, 1.82) is 0 Å². The zero-order valence-electron chi connectivity index (χ0n) is 12.6. The summed E-state index contributed by atoms with van der Waals surface area (Å²) in [6, 6.07) is 0. The average Bonchev–Trinajstić information content (AvgIpc) is 2.11. The minimum Gasteiger partial charge on any atom is -0.565 e. The van der Waals surface area contributed by atoms with Crippen molar-refractivity contribution in [3.8, 4) is 0 Å². The summed E-state index contributed by atoms with van der Waals surface area (Å²) in [5, 5.41) is 68.2. The fraction of sp³-hybridized carbons (Fsp3) is 0.375. The van der Waals surface area contributed by atoms with Gasteiger partial charge < -0.3 is 60.0 Å². The van der Waals surface area contributed by atoms with E-state index in [0.29, 0.717) is 0 Å². The Kier molecular flexibility index (Phi) is 34.7. The predicted molar refractivity (Wildman–Crippen MR) is 53.6 cm³/mol. The molecule has 0 rings (SSSR count). The minimum atomic E-state index is -2.97. The number of hydrogen-bond donors (Lipinski definition) is 4. The van der Waals surface area contributed by atoms with Crippen LogP contribution in [0.2, 0.25) is 0 Å². The number of aliphatic hydroxyl groups is 1. The first-order valence-corrected chi connectivity index (χ1v) is 4.40. The van der Waals surface area contributed by atoms with Crippen LogP contribution >= 0.6 is 0 Å². The van der Waals surface area contributed by atoms with Gasteiger partial charge in [0.15, 0.2) is 0 Å². The molecule has 0 aliphatic carbocycles. The van der Waals surface area contributed by atoms with Crippen molar-refractivity contribution in [2.24, 2.45) is 0 Å². The van der Waals surface area contributed by atoms with Gasteiger partial charge in [-0.05, 0) is 0 Å². The molecule has 0 amide bonds. The first-order chi connectivity index (χ1) is 9.24. The maximum Gasteiger partial charge on any atom is 2.00 e. The quantitative estimate of drug-likeness (QED) is 0.314. The van der Waals surface area contributed by atoms with Crippen LogP contribution < -0.4 is 79.5 Å². The molecule has 122 valence electrons. The van der Waals surface area contributed by atoms with Gasteiger partial charge in [-0.2, -0.15) is 0 Å². The molecule has 0 fully saturated rings. The van der Waals surface area contributed by atoms with Crippen molar-refractivity contribution < 1.29 is 124 Å². The number of carboxylic acid groups (broad SMARTS) is 7. The van der Waals surface area contributed by atoms with Crippen LogP contribution in [0.25, 0.3) is 0 Å². The Hall–Kier alpha value is 0.170. The van der Waals surface area contributed by atoms with Gasteiger partial charge in [0, 0.05) is 24.8 Å². The van der Waals surface area contributed by atoms with Crippen LogP contribution in [0.5, 0.6) is 0 Å². The maximum atomic E-state index is 10.1. The van der Waals surface area contributed by atoms with E-state index in [9.17, 15) is 29.7 Å². The summed E-state index contributed by atoms with van der Waals surface area (Å²) >= 11 is 0. The Labute approximate surface area is 207 Å². The molecule has 13 nitrogen and oxygen atoms in total. The second-order valence-electron chi connectivity index (χ2n) is 2.97. The van der Waals surface area contributed by atoms with Crippen LogP contribution in [-0.4, -0.2) is 94.0 Å². The maximum absolute atomic E-state index is 10.1. The molecular weight excluding hydrogens is 390 g/mol. The molecule has 0 radical (unpaired) electrons. The van der Waals surface area contributed by atoms with Crippen molar-refractivity contribution in [1.82, 2.24) is 0 Å². The van der Waals surface area contributed by atoms with Crippen LogP contribution in [-0.2, 0) is 14.4 Å². The van der Waals surface area contributed by atoms with Crippen molar-refractivity contribution in [3.63, 3.8) is 0 Å². The SMILES string of the molecule is O=C(O)O.O=C([O-])CC(O)(CC(=O)[O-])C(=O)[O-].O=C([O-])O.[Ca+2].[Na+].[Na+]. The van der Waals surface area contributed by atoms with Crippen LogP contribution in [0.4, 0.5) is 9.59 Å². The Balaban J connectivity index is -0.0000000626. The molecule has 0 atom stereocenters. The van der Waals surface area contributed by atoms with Gasteiger partial charge in [-0.25, -0.2) is 4.79 Å². The smallest absolute Gasteiger partial charge is 0.565 e. The fourth-order valence-corrected chi connectivity index (χ4v) is 0.684. The van der Waals surface area contributed by atoms with E-state index in [0.717, 1.165) is 0 Å². The van der Waals surface area contributed by atoms with Crippen LogP contribution in [0.3, 0.4) is 0 Å². The third kappa shape index (κ3) is 38.0. The number of carbonyl (C=O) groups excluding carboxylic acids is 3. The zero-order valence-corrected chi connectivity index (χ0v) is 18.8. The van der Waals surface area contributed by atoms with E-state index in [1.807, 2.05) is 0 Å². The van der Waals surface area contributed by atoms with E-state index in [1.165, 1.54) is 0 Å². The third-order valence-corrected chi connectivity index (χ3v) is 1.25. The topological polar surface area (TPSA) is 259 Å². The molecule has 0 aromatic carbocycles. The monoisotopic (exact) mass is 398 g/mol. The van der Waals surface area contributed by atoms with Crippen LogP contribution in [0, 0.1) is 0 Å². The van der Waals surface area contributed by atoms with Gasteiger partial charge in [-0.1, -0.05) is 0 Å². The molecule has 0 saturated carbocycles. The molecule has 0 aliphatic rings. The van der Waals surface area contributed by atoms with Gasteiger partial charge in [0.25, 0.3) is 0 Å². The molecule has 0 spiro atoms. The normalized spacial score (nSPS) is 7.88. The van der Waals surface area contributed by atoms with Crippen molar-refractivity contribution >= 4 is 68.0 Å². The van der Waals surface area contributed by atoms with Crippen molar-refractivity contribution in [2.45, 2.75) is 18.4 Å². The number of aliphatic carboxylic acids is 3. The molecule has 0 aromatic rings. The second-order valence-corrected chi connectivity index (χ2v) is 2.97. The Morgan fingerprint density at radius 2 is 0.917 bits per heavy atom. The van der Waals surface area contributed by atoms with Crippen LogP contribution in [0.1, 0.15) is 12.8 Å². The van der Waals surface area contributed by atoms with Gasteiger partial charge in [0.05, 0.1) is 5.97 Å². The summed E-state index contributed by atoms with van der Waals surface area (Å²) in [4.78, 5) is 47.0. The first-order valence-electron chi connectivity index (χ1n) is 4.40. The number of rotatable bonds is 5. The Morgan fingerprint density at radius 1 is 0.750 bits per heavy atom. The summed E-state index contributed by atoms with van der Waals surface area (Å²) < 4.78 is 0. The number of carboxylic acids is 3. The molecule has 0 aromatic heterocycles. The Bertz CT molecular complexity index is 377. The third-order valence-electron chi connectivity index (χ3n) is 1.25. The summed E-state index contributed by atoms with van der Waals surface area (Å²) in [5.41, 5.74) is -2.97. The molecule has 0 saturated heterocycles. The van der Waals surface area contributed by atoms with E-state index in [4.69, 9.17) is 35.1 Å². The molecular formula is C8H8CaNa2O13. The summed E-state index contributed by atoms with van der Waals surface area (Å²) in [6.45, 7) is 0. The second kappa shape index (κ2) is 21.2.